The Labute approximate surface area is 73.7 Å². The topological polar surface area (TPSA) is 45.0 Å². The van der Waals surface area contributed by atoms with Crippen LogP contribution >= 0.6 is 0 Å². The summed E-state index contributed by atoms with van der Waals surface area (Å²) >= 11 is 0. The van der Waals surface area contributed by atoms with E-state index in [0.29, 0.717) is 6.04 Å². The lowest BCUT2D eigenvalue weighted by Crippen LogP contribution is -2.34. The molecule has 3 heteroatoms. The van der Waals surface area contributed by atoms with Crippen LogP contribution in [0.2, 0.25) is 0 Å². The molecule has 0 saturated heterocycles. The van der Waals surface area contributed by atoms with Crippen molar-refractivity contribution in [1.29, 1.82) is 5.26 Å². The highest BCUT2D eigenvalue weighted by molar-refractivity contribution is 4.96. The number of nitrogens with one attached hydrogen (secondary N) is 1. The molecule has 0 aromatic carbocycles. The predicted molar refractivity (Wildman–Crippen MR) is 46.6 cm³/mol. The monoisotopic (exact) mass is 168 g/mol. The third kappa shape index (κ3) is 2.47. The maximum atomic E-state index is 8.77. The Morgan fingerprint density at radius 3 is 3.08 bits per heavy atom. The van der Waals surface area contributed by atoms with E-state index in [1.807, 2.05) is 0 Å². The predicted octanol–water partition coefficient (Wildman–Crippen LogP) is 0.915. The van der Waals surface area contributed by atoms with Crippen molar-refractivity contribution in [2.75, 3.05) is 20.3 Å². The number of hydrogen-bond acceptors (Lipinski definition) is 3. The lowest BCUT2D eigenvalue weighted by Gasteiger charge is -2.14. The molecule has 12 heavy (non-hydrogen) atoms. The number of ether oxygens (including phenoxy) is 1. The first-order chi connectivity index (χ1) is 5.88. The summed E-state index contributed by atoms with van der Waals surface area (Å²) in [6.45, 7) is 1.59. The lowest BCUT2D eigenvalue weighted by atomic mass is 10.1. The molecule has 1 fully saturated rings. The number of hydrogen-bond donors (Lipinski definition) is 1. The molecular weight excluding hydrogens is 152 g/mol. The number of nitrogens with zero attached hydrogens (tertiary/aromatic N) is 1. The Bertz CT molecular complexity index is 164. The number of methoxy groups -OCH3 is 1. The van der Waals surface area contributed by atoms with Crippen molar-refractivity contribution >= 4 is 0 Å². The van der Waals surface area contributed by atoms with Gasteiger partial charge in [-0.05, 0) is 12.8 Å². The van der Waals surface area contributed by atoms with E-state index in [0.717, 1.165) is 26.0 Å². The summed E-state index contributed by atoms with van der Waals surface area (Å²) in [4.78, 5) is 0. The molecule has 0 radical (unpaired) electrons. The van der Waals surface area contributed by atoms with Crippen LogP contribution in [0.3, 0.4) is 0 Å². The van der Waals surface area contributed by atoms with Gasteiger partial charge in [0.1, 0.15) is 0 Å². The van der Waals surface area contributed by atoms with E-state index < -0.39 is 0 Å². The van der Waals surface area contributed by atoms with E-state index in [2.05, 4.69) is 11.4 Å². The molecule has 2 atom stereocenters. The standard InChI is InChI=1S/C9H16N2O/c1-12-6-5-11-9-4-2-3-8(9)7-10/h8-9,11H,2-6H2,1H3. The zero-order valence-corrected chi connectivity index (χ0v) is 7.55. The van der Waals surface area contributed by atoms with Gasteiger partial charge in [-0.15, -0.1) is 0 Å². The van der Waals surface area contributed by atoms with E-state index in [4.69, 9.17) is 10.00 Å². The molecule has 3 nitrogen and oxygen atoms in total. The fraction of sp³-hybridized carbons (Fsp3) is 0.889. The maximum absolute atomic E-state index is 8.77. The maximum Gasteiger partial charge on any atom is 0.0672 e. The summed E-state index contributed by atoms with van der Waals surface area (Å²) in [5.41, 5.74) is 0. The summed E-state index contributed by atoms with van der Waals surface area (Å²) in [5.74, 6) is 0.224. The fourth-order valence-corrected chi connectivity index (χ4v) is 1.71. The average Bonchev–Trinajstić information content (AvgIpc) is 2.52. The molecule has 0 amide bonds. The third-order valence-corrected chi connectivity index (χ3v) is 2.39. The minimum Gasteiger partial charge on any atom is -0.383 e. The second-order valence-corrected chi connectivity index (χ2v) is 3.22. The largest absolute Gasteiger partial charge is 0.383 e. The van der Waals surface area contributed by atoms with Gasteiger partial charge >= 0.3 is 0 Å². The van der Waals surface area contributed by atoms with E-state index >= 15 is 0 Å². The molecule has 1 aliphatic rings. The first-order valence-electron chi connectivity index (χ1n) is 4.50. The quantitative estimate of drug-likeness (QED) is 0.635. The van der Waals surface area contributed by atoms with Gasteiger partial charge in [0.25, 0.3) is 0 Å². The van der Waals surface area contributed by atoms with Crippen molar-refractivity contribution in [3.63, 3.8) is 0 Å². The van der Waals surface area contributed by atoms with Crippen LogP contribution in [-0.4, -0.2) is 26.3 Å². The van der Waals surface area contributed by atoms with Crippen LogP contribution in [0.5, 0.6) is 0 Å². The SMILES string of the molecule is COCCNC1CCCC1C#N. The second kappa shape index (κ2) is 5.13. The summed E-state index contributed by atoms with van der Waals surface area (Å²) in [6, 6.07) is 2.75. The normalized spacial score (nSPS) is 28.7. The van der Waals surface area contributed by atoms with E-state index in [1.165, 1.54) is 6.42 Å². The molecule has 2 unspecified atom stereocenters. The molecule has 1 aliphatic carbocycles. The minimum atomic E-state index is 0.224. The average molecular weight is 168 g/mol. The lowest BCUT2D eigenvalue weighted by molar-refractivity contribution is 0.194. The minimum absolute atomic E-state index is 0.224. The molecular formula is C9H16N2O. The molecule has 0 bridgehead atoms. The zero-order valence-electron chi connectivity index (χ0n) is 7.55. The first-order valence-corrected chi connectivity index (χ1v) is 4.50. The van der Waals surface area contributed by atoms with Gasteiger partial charge in [-0.25, -0.2) is 0 Å². The second-order valence-electron chi connectivity index (χ2n) is 3.22. The van der Waals surface area contributed by atoms with Crippen LogP contribution in [0.25, 0.3) is 0 Å². The van der Waals surface area contributed by atoms with Gasteiger partial charge in [0.2, 0.25) is 0 Å². The zero-order chi connectivity index (χ0) is 8.81. The van der Waals surface area contributed by atoms with Crippen LogP contribution in [0.4, 0.5) is 0 Å². The summed E-state index contributed by atoms with van der Waals surface area (Å²) in [7, 11) is 1.69. The van der Waals surface area contributed by atoms with Crippen molar-refractivity contribution in [3.8, 4) is 6.07 Å². The molecule has 68 valence electrons. The van der Waals surface area contributed by atoms with Crippen molar-refractivity contribution in [3.05, 3.63) is 0 Å². The van der Waals surface area contributed by atoms with Gasteiger partial charge in [-0.3, -0.25) is 0 Å². The molecule has 0 spiro atoms. The Balaban J connectivity index is 2.18. The molecule has 0 aromatic rings. The van der Waals surface area contributed by atoms with Gasteiger partial charge < -0.3 is 10.1 Å². The molecule has 1 N–H and O–H groups in total. The van der Waals surface area contributed by atoms with E-state index in [1.54, 1.807) is 7.11 Å². The van der Waals surface area contributed by atoms with Crippen LogP contribution in [0, 0.1) is 17.2 Å². The van der Waals surface area contributed by atoms with Gasteiger partial charge in [-0.1, -0.05) is 6.42 Å². The Morgan fingerprint density at radius 2 is 2.42 bits per heavy atom. The van der Waals surface area contributed by atoms with Crippen LogP contribution in [0.1, 0.15) is 19.3 Å². The smallest absolute Gasteiger partial charge is 0.0672 e. The molecule has 0 aliphatic heterocycles. The Kier molecular flexibility index (Phi) is 4.06. The van der Waals surface area contributed by atoms with E-state index in [9.17, 15) is 0 Å². The van der Waals surface area contributed by atoms with Gasteiger partial charge in [0, 0.05) is 19.7 Å². The summed E-state index contributed by atoms with van der Waals surface area (Å²) in [5, 5.41) is 12.1. The summed E-state index contributed by atoms with van der Waals surface area (Å²) in [6.07, 6.45) is 3.38. The van der Waals surface area contributed by atoms with Crippen LogP contribution in [-0.2, 0) is 4.74 Å². The van der Waals surface area contributed by atoms with Crippen molar-refractivity contribution in [2.45, 2.75) is 25.3 Å². The highest BCUT2D eigenvalue weighted by atomic mass is 16.5. The fourth-order valence-electron chi connectivity index (χ4n) is 1.71. The first kappa shape index (κ1) is 9.50. The van der Waals surface area contributed by atoms with Crippen molar-refractivity contribution in [2.24, 2.45) is 5.92 Å². The molecule has 0 aromatic heterocycles. The highest BCUT2D eigenvalue weighted by Gasteiger charge is 2.25. The number of rotatable bonds is 4. The van der Waals surface area contributed by atoms with Gasteiger partial charge in [-0.2, -0.15) is 5.26 Å². The molecule has 1 saturated carbocycles. The highest BCUT2D eigenvalue weighted by Crippen LogP contribution is 2.24. The van der Waals surface area contributed by atoms with Crippen molar-refractivity contribution < 1.29 is 4.74 Å². The Morgan fingerprint density at radius 1 is 1.58 bits per heavy atom. The summed E-state index contributed by atoms with van der Waals surface area (Å²) < 4.78 is 4.93. The van der Waals surface area contributed by atoms with Crippen molar-refractivity contribution in [1.82, 2.24) is 5.32 Å². The van der Waals surface area contributed by atoms with Crippen LogP contribution < -0.4 is 5.32 Å². The Hall–Kier alpha value is -0.590. The van der Waals surface area contributed by atoms with E-state index in [-0.39, 0.29) is 5.92 Å². The van der Waals surface area contributed by atoms with Gasteiger partial charge in [0.15, 0.2) is 0 Å². The third-order valence-electron chi connectivity index (χ3n) is 2.39. The van der Waals surface area contributed by atoms with Gasteiger partial charge in [0.05, 0.1) is 18.6 Å². The molecule has 1 rings (SSSR count). The van der Waals surface area contributed by atoms with Crippen LogP contribution in [0.15, 0.2) is 0 Å². The molecule has 0 heterocycles. The number of nitriles is 1.